The number of aromatic hydroxyl groups is 1. The first-order valence-electron chi connectivity index (χ1n) is 12.5. The van der Waals surface area contributed by atoms with E-state index in [1.54, 1.807) is 16.8 Å². The lowest BCUT2D eigenvalue weighted by Crippen LogP contribution is -2.44. The molecule has 5 rings (SSSR count). The van der Waals surface area contributed by atoms with Crippen LogP contribution in [0.4, 0.5) is 5.82 Å². The summed E-state index contributed by atoms with van der Waals surface area (Å²) in [5.74, 6) is 1.15. The smallest absolute Gasteiger partial charge is 0.272 e. The lowest BCUT2D eigenvalue weighted by molar-refractivity contribution is 0.0904. The Kier molecular flexibility index (Phi) is 6.67. The van der Waals surface area contributed by atoms with E-state index in [2.05, 4.69) is 20.2 Å². The van der Waals surface area contributed by atoms with Gasteiger partial charge in [0.1, 0.15) is 11.6 Å². The zero-order valence-electron chi connectivity index (χ0n) is 19.9. The number of nitrogens with one attached hydrogen (secondary N) is 1. The van der Waals surface area contributed by atoms with E-state index in [1.165, 1.54) is 31.2 Å². The van der Waals surface area contributed by atoms with Crippen molar-refractivity contribution in [3.8, 4) is 5.75 Å². The second kappa shape index (κ2) is 10.0. The number of aromatic nitrogens is 3. The third kappa shape index (κ3) is 5.01. The van der Waals surface area contributed by atoms with Gasteiger partial charge in [0, 0.05) is 45.8 Å². The predicted octanol–water partition coefficient (Wildman–Crippen LogP) is 3.45. The molecule has 1 amide bonds. The number of likely N-dealkylation sites (tertiary alicyclic amines) is 1. The molecule has 180 valence electrons. The van der Waals surface area contributed by atoms with Crippen LogP contribution in [0.25, 0.3) is 11.0 Å². The number of amides is 1. The van der Waals surface area contributed by atoms with Gasteiger partial charge in [-0.25, -0.2) is 9.67 Å². The van der Waals surface area contributed by atoms with Gasteiger partial charge < -0.3 is 15.3 Å². The standard InChI is InChI=1S/C26H34N6O2/c1-30-25-22(10-11-23(28-25)32-14-4-2-3-5-15-32)24(29-30)26(34)27-20-12-16-31(17-13-20)18-19-6-8-21(33)9-7-19/h6-11,20,33H,2-5,12-18H2,1H3,(H,27,34). The second-order valence-corrected chi connectivity index (χ2v) is 9.60. The number of rotatable bonds is 5. The van der Waals surface area contributed by atoms with Gasteiger partial charge in [-0.15, -0.1) is 0 Å². The Morgan fingerprint density at radius 3 is 2.41 bits per heavy atom. The molecule has 2 fully saturated rings. The Morgan fingerprint density at radius 2 is 1.71 bits per heavy atom. The topological polar surface area (TPSA) is 86.5 Å². The van der Waals surface area contributed by atoms with E-state index in [1.807, 2.05) is 31.3 Å². The zero-order valence-corrected chi connectivity index (χ0v) is 19.9. The molecule has 4 heterocycles. The van der Waals surface area contributed by atoms with E-state index in [9.17, 15) is 9.90 Å². The fraction of sp³-hybridized carbons (Fsp3) is 0.500. The van der Waals surface area contributed by atoms with Crippen molar-refractivity contribution in [3.63, 3.8) is 0 Å². The molecule has 8 heteroatoms. The summed E-state index contributed by atoms with van der Waals surface area (Å²) in [7, 11) is 1.86. The number of hydrogen-bond donors (Lipinski definition) is 2. The van der Waals surface area contributed by atoms with Gasteiger partial charge in [-0.2, -0.15) is 5.10 Å². The van der Waals surface area contributed by atoms with E-state index in [0.717, 1.165) is 62.4 Å². The van der Waals surface area contributed by atoms with Gasteiger partial charge in [-0.1, -0.05) is 25.0 Å². The van der Waals surface area contributed by atoms with Gasteiger partial charge in [-0.3, -0.25) is 9.69 Å². The third-order valence-corrected chi connectivity index (χ3v) is 7.08. The summed E-state index contributed by atoms with van der Waals surface area (Å²) in [6, 6.07) is 11.6. The Balaban J connectivity index is 1.21. The number of aryl methyl sites for hydroxylation is 1. The molecule has 1 aromatic carbocycles. The summed E-state index contributed by atoms with van der Waals surface area (Å²) in [6.07, 6.45) is 6.78. The molecule has 0 spiro atoms. The summed E-state index contributed by atoms with van der Waals surface area (Å²) in [4.78, 5) is 22.7. The highest BCUT2D eigenvalue weighted by Gasteiger charge is 2.24. The SMILES string of the molecule is Cn1nc(C(=O)NC2CCN(Cc3ccc(O)cc3)CC2)c2ccc(N3CCCCCC3)nc21. The van der Waals surface area contributed by atoms with Crippen molar-refractivity contribution in [2.45, 2.75) is 51.1 Å². The largest absolute Gasteiger partial charge is 0.508 e. The third-order valence-electron chi connectivity index (χ3n) is 7.08. The number of carbonyl (C=O) groups excluding carboxylic acids is 1. The monoisotopic (exact) mass is 462 g/mol. The molecule has 2 aliphatic rings. The molecule has 0 radical (unpaired) electrons. The van der Waals surface area contributed by atoms with E-state index >= 15 is 0 Å². The van der Waals surface area contributed by atoms with Crippen molar-refractivity contribution in [2.75, 3.05) is 31.1 Å². The van der Waals surface area contributed by atoms with Crippen molar-refractivity contribution >= 4 is 22.8 Å². The lowest BCUT2D eigenvalue weighted by atomic mass is 10.0. The fourth-order valence-electron chi connectivity index (χ4n) is 5.11. The van der Waals surface area contributed by atoms with Crippen LogP contribution >= 0.6 is 0 Å². The minimum absolute atomic E-state index is 0.119. The molecule has 0 bridgehead atoms. The highest BCUT2D eigenvalue weighted by Crippen LogP contribution is 2.24. The Bertz CT molecular complexity index is 1130. The maximum absolute atomic E-state index is 13.1. The van der Waals surface area contributed by atoms with Crippen molar-refractivity contribution < 1.29 is 9.90 Å². The first-order chi connectivity index (χ1) is 16.6. The molecule has 0 saturated carbocycles. The van der Waals surface area contributed by atoms with Crippen LogP contribution in [0.5, 0.6) is 5.75 Å². The van der Waals surface area contributed by atoms with Crippen LogP contribution < -0.4 is 10.2 Å². The van der Waals surface area contributed by atoms with Crippen LogP contribution in [0, 0.1) is 0 Å². The number of carbonyl (C=O) groups is 1. The van der Waals surface area contributed by atoms with Gasteiger partial charge in [0.05, 0.1) is 5.39 Å². The highest BCUT2D eigenvalue weighted by atomic mass is 16.3. The van der Waals surface area contributed by atoms with Crippen molar-refractivity contribution in [1.29, 1.82) is 0 Å². The first kappa shape index (κ1) is 22.7. The first-order valence-corrected chi connectivity index (χ1v) is 12.5. The average Bonchev–Trinajstić information content (AvgIpc) is 3.01. The summed E-state index contributed by atoms with van der Waals surface area (Å²) in [6.45, 7) is 4.78. The number of piperidine rings is 1. The Labute approximate surface area is 200 Å². The van der Waals surface area contributed by atoms with Crippen LogP contribution in [-0.4, -0.2) is 62.9 Å². The van der Waals surface area contributed by atoms with Crippen molar-refractivity contribution in [3.05, 3.63) is 47.7 Å². The van der Waals surface area contributed by atoms with Crippen molar-refractivity contribution in [1.82, 2.24) is 25.0 Å². The quantitative estimate of drug-likeness (QED) is 0.604. The molecule has 0 aliphatic carbocycles. The van der Waals surface area contributed by atoms with Gasteiger partial charge in [0.2, 0.25) is 0 Å². The van der Waals surface area contributed by atoms with Crippen LogP contribution in [-0.2, 0) is 13.6 Å². The molecule has 3 aromatic rings. The number of phenols is 1. The number of anilines is 1. The van der Waals surface area contributed by atoms with E-state index < -0.39 is 0 Å². The maximum atomic E-state index is 13.1. The van der Waals surface area contributed by atoms with E-state index in [4.69, 9.17) is 4.98 Å². The van der Waals surface area contributed by atoms with Crippen LogP contribution in [0.1, 0.15) is 54.6 Å². The minimum atomic E-state index is -0.119. The predicted molar refractivity (Wildman–Crippen MR) is 133 cm³/mol. The molecule has 2 aromatic heterocycles. The van der Waals surface area contributed by atoms with E-state index in [0.29, 0.717) is 11.4 Å². The molecule has 2 aliphatic heterocycles. The molecule has 34 heavy (non-hydrogen) atoms. The molecule has 0 unspecified atom stereocenters. The number of phenolic OH excluding ortho intramolecular Hbond substituents is 1. The molecule has 2 saturated heterocycles. The highest BCUT2D eigenvalue weighted by molar-refractivity contribution is 6.04. The van der Waals surface area contributed by atoms with Crippen LogP contribution in [0.3, 0.4) is 0 Å². The molecular formula is C26H34N6O2. The summed E-state index contributed by atoms with van der Waals surface area (Å²) >= 11 is 0. The molecule has 2 N–H and O–H groups in total. The second-order valence-electron chi connectivity index (χ2n) is 9.60. The number of fused-ring (bicyclic) bond motifs is 1. The number of pyridine rings is 1. The van der Waals surface area contributed by atoms with Gasteiger partial charge in [0.25, 0.3) is 5.91 Å². The summed E-state index contributed by atoms with van der Waals surface area (Å²) in [5, 5.41) is 18.0. The fourth-order valence-corrected chi connectivity index (χ4v) is 5.11. The van der Waals surface area contributed by atoms with Crippen LogP contribution in [0.2, 0.25) is 0 Å². The Hall–Kier alpha value is -3.13. The molecular weight excluding hydrogens is 428 g/mol. The number of benzene rings is 1. The maximum Gasteiger partial charge on any atom is 0.272 e. The summed E-state index contributed by atoms with van der Waals surface area (Å²) < 4.78 is 1.73. The minimum Gasteiger partial charge on any atom is -0.508 e. The molecule has 0 atom stereocenters. The summed E-state index contributed by atoms with van der Waals surface area (Å²) in [5.41, 5.74) is 2.40. The normalized spacial score (nSPS) is 18.2. The van der Waals surface area contributed by atoms with E-state index in [-0.39, 0.29) is 11.9 Å². The molecule has 8 nitrogen and oxygen atoms in total. The zero-order chi connectivity index (χ0) is 23.5. The van der Waals surface area contributed by atoms with Gasteiger partial charge >= 0.3 is 0 Å². The average molecular weight is 463 g/mol. The van der Waals surface area contributed by atoms with Crippen LogP contribution in [0.15, 0.2) is 36.4 Å². The van der Waals surface area contributed by atoms with Gasteiger partial charge in [0.15, 0.2) is 11.3 Å². The van der Waals surface area contributed by atoms with Gasteiger partial charge in [-0.05, 0) is 55.5 Å². The Morgan fingerprint density at radius 1 is 1.00 bits per heavy atom. The number of nitrogens with zero attached hydrogens (tertiary/aromatic N) is 5. The lowest BCUT2D eigenvalue weighted by Gasteiger charge is -2.32. The number of hydrogen-bond acceptors (Lipinski definition) is 6. The van der Waals surface area contributed by atoms with Crippen molar-refractivity contribution in [2.24, 2.45) is 7.05 Å².